The Morgan fingerprint density at radius 2 is 1.94 bits per heavy atom. The first-order valence-electron chi connectivity index (χ1n) is 4.39. The maximum Gasteiger partial charge on any atom is 0.249 e. The molecular formula is C10H10N2O3S. The number of primary amides is 1. The quantitative estimate of drug-likeness (QED) is 0.519. The lowest BCUT2D eigenvalue weighted by atomic mass is 10.0. The number of amides is 1. The number of nitrogens with zero attached hydrogens (tertiary/aromatic N) is 1. The normalized spacial score (nSPS) is 13.6. The molecule has 2 atom stereocenters. The summed E-state index contributed by atoms with van der Waals surface area (Å²) in [7, 11) is 0. The largest absolute Gasteiger partial charge is 0.385 e. The zero-order valence-electron chi connectivity index (χ0n) is 8.20. The minimum absolute atomic E-state index is 0.370. The van der Waals surface area contributed by atoms with Gasteiger partial charge < -0.3 is 15.9 Å². The number of hydrogen-bond acceptors (Lipinski definition) is 5. The average Bonchev–Trinajstić information content (AvgIpc) is 2.28. The minimum Gasteiger partial charge on any atom is -0.385 e. The van der Waals surface area contributed by atoms with E-state index in [-0.39, 0.29) is 0 Å². The van der Waals surface area contributed by atoms with Crippen LogP contribution in [0.2, 0.25) is 0 Å². The molecule has 1 rings (SSSR count). The predicted octanol–water partition coefficient (Wildman–Crippen LogP) is 0.300. The number of thiocarbonyl (C=S) groups is 1. The molecule has 84 valence electrons. The number of isothiocyanates is 1. The molecule has 2 unspecified atom stereocenters. The summed E-state index contributed by atoms with van der Waals surface area (Å²) >= 11 is 4.43. The van der Waals surface area contributed by atoms with E-state index in [1.54, 1.807) is 12.1 Å². The average molecular weight is 238 g/mol. The summed E-state index contributed by atoms with van der Waals surface area (Å²) in [5, 5.41) is 21.0. The first-order valence-corrected chi connectivity index (χ1v) is 4.80. The highest BCUT2D eigenvalue weighted by atomic mass is 32.1. The molecule has 0 aromatic heterocycles. The third-order valence-corrected chi connectivity index (χ3v) is 2.09. The van der Waals surface area contributed by atoms with Crippen molar-refractivity contribution in [2.45, 2.75) is 12.2 Å². The molecule has 4 N–H and O–H groups in total. The number of aliphatic hydroxyl groups excluding tert-OH is 2. The first-order chi connectivity index (χ1) is 7.56. The van der Waals surface area contributed by atoms with Crippen LogP contribution in [0.4, 0.5) is 5.69 Å². The topological polar surface area (TPSA) is 95.9 Å². The molecule has 0 aliphatic carbocycles. The molecule has 0 fully saturated rings. The molecule has 0 radical (unpaired) electrons. The number of nitrogens with two attached hydrogens (primary N) is 1. The lowest BCUT2D eigenvalue weighted by molar-refractivity contribution is -0.131. The standard InChI is InChI=1S/C10H10N2O3S/c11-10(15)9(14)8(13)6-1-3-7(4-2-6)12-5-16/h1-4,8-9,13-14H,(H2,11,15). The van der Waals surface area contributed by atoms with Gasteiger partial charge in [0.05, 0.1) is 10.8 Å². The molecule has 6 heteroatoms. The second-order valence-electron chi connectivity index (χ2n) is 3.09. The fourth-order valence-corrected chi connectivity index (χ4v) is 1.24. The summed E-state index contributed by atoms with van der Waals surface area (Å²) < 4.78 is 0. The van der Waals surface area contributed by atoms with Gasteiger partial charge in [-0.25, -0.2) is 0 Å². The zero-order valence-corrected chi connectivity index (χ0v) is 9.02. The van der Waals surface area contributed by atoms with Gasteiger partial charge in [0.1, 0.15) is 6.10 Å². The molecule has 1 aromatic carbocycles. The highest BCUT2D eigenvalue weighted by molar-refractivity contribution is 7.78. The Bertz CT molecular complexity index is 426. The zero-order chi connectivity index (χ0) is 12.1. The fraction of sp³-hybridized carbons (Fsp3) is 0.200. The van der Waals surface area contributed by atoms with Crippen LogP contribution in [-0.4, -0.2) is 27.4 Å². The highest BCUT2D eigenvalue weighted by Gasteiger charge is 2.22. The SMILES string of the molecule is NC(=O)C(O)C(O)c1ccc(N=C=S)cc1. The number of hydrogen-bond donors (Lipinski definition) is 3. The van der Waals surface area contributed by atoms with Gasteiger partial charge in [-0.1, -0.05) is 12.1 Å². The van der Waals surface area contributed by atoms with Gasteiger partial charge in [0.25, 0.3) is 0 Å². The number of carbonyl (C=O) groups is 1. The summed E-state index contributed by atoms with van der Waals surface area (Å²) in [5.41, 5.74) is 5.80. The van der Waals surface area contributed by atoms with E-state index in [2.05, 4.69) is 22.4 Å². The molecule has 0 saturated heterocycles. The summed E-state index contributed by atoms with van der Waals surface area (Å²) in [6.45, 7) is 0. The molecular weight excluding hydrogens is 228 g/mol. The second kappa shape index (κ2) is 5.48. The van der Waals surface area contributed by atoms with Crippen LogP contribution in [-0.2, 0) is 4.79 Å². The Morgan fingerprint density at radius 1 is 1.38 bits per heavy atom. The van der Waals surface area contributed by atoms with Gasteiger partial charge in [-0.15, -0.1) is 0 Å². The third-order valence-electron chi connectivity index (χ3n) is 2.00. The van der Waals surface area contributed by atoms with Crippen LogP contribution in [0, 0.1) is 0 Å². The molecule has 5 nitrogen and oxygen atoms in total. The summed E-state index contributed by atoms with van der Waals surface area (Å²) in [4.78, 5) is 14.4. The molecule has 0 spiro atoms. The lowest BCUT2D eigenvalue weighted by Gasteiger charge is -2.14. The Labute approximate surface area is 97.2 Å². The van der Waals surface area contributed by atoms with Gasteiger partial charge in [0.2, 0.25) is 5.91 Å². The highest BCUT2D eigenvalue weighted by Crippen LogP contribution is 2.20. The Hall–Kier alpha value is -1.59. The second-order valence-corrected chi connectivity index (χ2v) is 3.27. The molecule has 16 heavy (non-hydrogen) atoms. The summed E-state index contributed by atoms with van der Waals surface area (Å²) in [6, 6.07) is 6.18. The third kappa shape index (κ3) is 2.95. The smallest absolute Gasteiger partial charge is 0.249 e. The van der Waals surface area contributed by atoms with Gasteiger partial charge in [0, 0.05) is 0 Å². The molecule has 0 heterocycles. The van der Waals surface area contributed by atoms with Crippen molar-refractivity contribution in [1.82, 2.24) is 0 Å². The van der Waals surface area contributed by atoms with Crippen LogP contribution in [0.15, 0.2) is 29.3 Å². The van der Waals surface area contributed by atoms with Gasteiger partial charge in [-0.3, -0.25) is 4.79 Å². The van der Waals surface area contributed by atoms with E-state index < -0.39 is 18.1 Å². The van der Waals surface area contributed by atoms with E-state index in [0.29, 0.717) is 11.3 Å². The van der Waals surface area contributed by atoms with Crippen molar-refractivity contribution in [2.24, 2.45) is 10.7 Å². The maximum absolute atomic E-state index is 10.7. The maximum atomic E-state index is 10.7. The number of aliphatic hydroxyl groups is 2. The van der Waals surface area contributed by atoms with E-state index in [1.807, 2.05) is 0 Å². The van der Waals surface area contributed by atoms with Crippen LogP contribution in [0.1, 0.15) is 11.7 Å². The van der Waals surface area contributed by atoms with Crippen LogP contribution >= 0.6 is 12.2 Å². The van der Waals surface area contributed by atoms with Crippen molar-refractivity contribution in [3.05, 3.63) is 29.8 Å². The van der Waals surface area contributed by atoms with E-state index in [1.165, 1.54) is 12.1 Å². The summed E-state index contributed by atoms with van der Waals surface area (Å²) in [5.74, 6) is -0.978. The molecule has 0 bridgehead atoms. The van der Waals surface area contributed by atoms with Crippen LogP contribution in [0.3, 0.4) is 0 Å². The van der Waals surface area contributed by atoms with E-state index >= 15 is 0 Å². The van der Waals surface area contributed by atoms with Crippen molar-refractivity contribution >= 4 is 29.0 Å². The predicted molar refractivity (Wildman–Crippen MR) is 61.3 cm³/mol. The van der Waals surface area contributed by atoms with Crippen molar-refractivity contribution in [3.63, 3.8) is 0 Å². The first kappa shape index (κ1) is 12.5. The van der Waals surface area contributed by atoms with Crippen molar-refractivity contribution < 1.29 is 15.0 Å². The summed E-state index contributed by atoms with van der Waals surface area (Å²) in [6.07, 6.45) is -2.97. The van der Waals surface area contributed by atoms with Gasteiger partial charge >= 0.3 is 0 Å². The number of carbonyl (C=O) groups excluding carboxylic acids is 1. The minimum atomic E-state index is -1.63. The number of aliphatic imine (C=N–C) groups is 1. The van der Waals surface area contributed by atoms with Crippen molar-refractivity contribution in [1.29, 1.82) is 0 Å². The number of rotatable bonds is 4. The fourth-order valence-electron chi connectivity index (χ4n) is 1.14. The Balaban J connectivity index is 2.89. The molecule has 0 aliphatic rings. The molecule has 0 saturated carbocycles. The molecule has 0 aliphatic heterocycles. The lowest BCUT2D eigenvalue weighted by Crippen LogP contribution is -2.33. The van der Waals surface area contributed by atoms with Crippen LogP contribution in [0.5, 0.6) is 0 Å². The van der Waals surface area contributed by atoms with Crippen LogP contribution < -0.4 is 5.73 Å². The Kier molecular flexibility index (Phi) is 4.28. The van der Waals surface area contributed by atoms with Crippen molar-refractivity contribution in [2.75, 3.05) is 0 Å². The van der Waals surface area contributed by atoms with Gasteiger partial charge in [0.15, 0.2) is 6.10 Å². The van der Waals surface area contributed by atoms with E-state index in [0.717, 1.165) is 0 Å². The van der Waals surface area contributed by atoms with Crippen LogP contribution in [0.25, 0.3) is 0 Å². The van der Waals surface area contributed by atoms with Gasteiger partial charge in [-0.05, 0) is 29.9 Å². The van der Waals surface area contributed by atoms with Crippen molar-refractivity contribution in [3.8, 4) is 0 Å². The monoisotopic (exact) mass is 238 g/mol. The molecule has 1 aromatic rings. The van der Waals surface area contributed by atoms with Gasteiger partial charge in [-0.2, -0.15) is 4.99 Å². The molecule has 1 amide bonds. The number of benzene rings is 1. The Morgan fingerprint density at radius 3 is 2.38 bits per heavy atom. The van der Waals surface area contributed by atoms with E-state index in [9.17, 15) is 15.0 Å². The van der Waals surface area contributed by atoms with E-state index in [4.69, 9.17) is 5.73 Å².